The van der Waals surface area contributed by atoms with E-state index in [0.29, 0.717) is 13.0 Å². The first-order valence-corrected chi connectivity index (χ1v) is 5.17. The summed E-state index contributed by atoms with van der Waals surface area (Å²) in [6.07, 6.45) is 0.786. The van der Waals surface area contributed by atoms with Crippen molar-refractivity contribution in [1.29, 1.82) is 5.41 Å². The lowest BCUT2D eigenvalue weighted by atomic mass is 10.3. The van der Waals surface area contributed by atoms with E-state index < -0.39 is 0 Å². The zero-order chi connectivity index (χ0) is 11.7. The molecule has 0 radical (unpaired) electrons. The lowest BCUT2D eigenvalue weighted by Crippen LogP contribution is -2.36. The molecule has 5 heteroatoms. The van der Waals surface area contributed by atoms with E-state index >= 15 is 0 Å². The van der Waals surface area contributed by atoms with Gasteiger partial charge in [-0.15, -0.1) is 0 Å². The van der Waals surface area contributed by atoms with Crippen molar-refractivity contribution in [1.82, 2.24) is 4.90 Å². The maximum absolute atomic E-state index is 7.18. The third-order valence-corrected chi connectivity index (χ3v) is 2.23. The molecule has 0 aliphatic carbocycles. The summed E-state index contributed by atoms with van der Waals surface area (Å²) < 4.78 is 10.2. The van der Waals surface area contributed by atoms with Crippen molar-refractivity contribution in [3.8, 4) is 0 Å². The van der Waals surface area contributed by atoms with Crippen LogP contribution in [0.1, 0.15) is 13.3 Å². The summed E-state index contributed by atoms with van der Waals surface area (Å²) in [4.78, 5) is 2.19. The molecule has 0 aliphatic heterocycles. The summed E-state index contributed by atoms with van der Waals surface area (Å²) in [5, 5.41) is 7.18. The summed E-state index contributed by atoms with van der Waals surface area (Å²) in [5.41, 5.74) is 5.33. The Morgan fingerprint density at radius 1 is 1.40 bits per heavy atom. The van der Waals surface area contributed by atoms with Crippen LogP contribution in [-0.2, 0) is 9.47 Å². The van der Waals surface area contributed by atoms with Crippen LogP contribution < -0.4 is 5.73 Å². The minimum Gasteiger partial charge on any atom is -0.388 e. The predicted octanol–water partition coefficient (Wildman–Crippen LogP) is 0.296. The highest BCUT2D eigenvalue weighted by atomic mass is 16.5. The van der Waals surface area contributed by atoms with Crippen molar-refractivity contribution in [3.05, 3.63) is 0 Å². The van der Waals surface area contributed by atoms with Crippen molar-refractivity contribution in [3.63, 3.8) is 0 Å². The van der Waals surface area contributed by atoms with Crippen LogP contribution in [0.2, 0.25) is 0 Å². The average Bonchev–Trinajstić information content (AvgIpc) is 2.21. The number of hydrogen-bond donors (Lipinski definition) is 2. The fourth-order valence-corrected chi connectivity index (χ4v) is 1.23. The SMILES string of the molecule is COCCN(CCC(=N)N)CC(C)OC. The Labute approximate surface area is 92.0 Å². The summed E-state index contributed by atoms with van der Waals surface area (Å²) in [6, 6.07) is 0. The Morgan fingerprint density at radius 3 is 2.53 bits per heavy atom. The molecule has 0 bridgehead atoms. The molecule has 0 aromatic carbocycles. The summed E-state index contributed by atoms with van der Waals surface area (Å²) in [5.74, 6) is 0.225. The van der Waals surface area contributed by atoms with E-state index in [1.54, 1.807) is 14.2 Å². The molecule has 0 spiro atoms. The van der Waals surface area contributed by atoms with Gasteiger partial charge in [0.25, 0.3) is 0 Å². The van der Waals surface area contributed by atoms with Gasteiger partial charge in [0.1, 0.15) is 0 Å². The molecule has 0 aromatic rings. The third kappa shape index (κ3) is 8.35. The normalized spacial score (nSPS) is 13.1. The Hall–Kier alpha value is -0.650. The molecule has 90 valence electrons. The fourth-order valence-electron chi connectivity index (χ4n) is 1.23. The second-order valence-electron chi connectivity index (χ2n) is 3.61. The van der Waals surface area contributed by atoms with Crippen LogP contribution >= 0.6 is 0 Å². The number of hydrogen-bond acceptors (Lipinski definition) is 4. The van der Waals surface area contributed by atoms with Gasteiger partial charge in [-0.1, -0.05) is 0 Å². The Morgan fingerprint density at radius 2 is 2.07 bits per heavy atom. The predicted molar refractivity (Wildman–Crippen MR) is 61.3 cm³/mol. The summed E-state index contributed by atoms with van der Waals surface area (Å²) >= 11 is 0. The van der Waals surface area contributed by atoms with Crippen LogP contribution in [0.5, 0.6) is 0 Å². The van der Waals surface area contributed by atoms with Crippen LogP contribution in [-0.4, -0.2) is 57.3 Å². The van der Waals surface area contributed by atoms with Crippen molar-refractivity contribution < 1.29 is 9.47 Å². The maximum atomic E-state index is 7.18. The highest BCUT2D eigenvalue weighted by Crippen LogP contribution is 1.97. The average molecular weight is 217 g/mol. The van der Waals surface area contributed by atoms with Gasteiger partial charge in [-0.25, -0.2) is 0 Å². The smallest absolute Gasteiger partial charge is 0.0918 e. The molecule has 1 unspecified atom stereocenters. The molecule has 1 atom stereocenters. The standard InChI is InChI=1S/C10H23N3O2/c1-9(15-3)8-13(6-7-14-2)5-4-10(11)12/h9H,4-8H2,1-3H3,(H3,11,12). The molecule has 0 saturated heterocycles. The maximum Gasteiger partial charge on any atom is 0.0918 e. The molecular formula is C10H23N3O2. The number of methoxy groups -OCH3 is 2. The van der Waals surface area contributed by atoms with Gasteiger partial charge >= 0.3 is 0 Å². The molecule has 0 amide bonds. The van der Waals surface area contributed by atoms with Crippen LogP contribution in [0.3, 0.4) is 0 Å². The van der Waals surface area contributed by atoms with Crippen LogP contribution in [0.15, 0.2) is 0 Å². The van der Waals surface area contributed by atoms with Crippen molar-refractivity contribution in [2.45, 2.75) is 19.4 Å². The first kappa shape index (κ1) is 14.3. The molecule has 0 fully saturated rings. The highest BCUT2D eigenvalue weighted by molar-refractivity contribution is 5.76. The Balaban J connectivity index is 3.88. The van der Waals surface area contributed by atoms with E-state index in [4.69, 9.17) is 20.6 Å². The van der Waals surface area contributed by atoms with Crippen molar-refractivity contribution in [2.24, 2.45) is 5.73 Å². The van der Waals surface area contributed by atoms with E-state index in [1.807, 2.05) is 6.92 Å². The monoisotopic (exact) mass is 217 g/mol. The molecule has 0 rings (SSSR count). The van der Waals surface area contributed by atoms with Gasteiger partial charge < -0.3 is 15.2 Å². The fraction of sp³-hybridized carbons (Fsp3) is 0.900. The minimum absolute atomic E-state index is 0.189. The lowest BCUT2D eigenvalue weighted by Gasteiger charge is -2.24. The van der Waals surface area contributed by atoms with E-state index in [2.05, 4.69) is 4.90 Å². The number of amidine groups is 1. The van der Waals surface area contributed by atoms with E-state index in [1.165, 1.54) is 0 Å². The van der Waals surface area contributed by atoms with E-state index in [-0.39, 0.29) is 11.9 Å². The highest BCUT2D eigenvalue weighted by Gasteiger charge is 2.09. The second kappa shape index (κ2) is 8.64. The number of nitrogens with two attached hydrogens (primary N) is 1. The molecule has 0 saturated carbocycles. The molecular weight excluding hydrogens is 194 g/mol. The van der Waals surface area contributed by atoms with Gasteiger partial charge in [0.2, 0.25) is 0 Å². The molecule has 0 aliphatic rings. The largest absolute Gasteiger partial charge is 0.388 e. The van der Waals surface area contributed by atoms with E-state index in [0.717, 1.165) is 19.6 Å². The quantitative estimate of drug-likeness (QED) is 0.430. The Kier molecular flexibility index (Phi) is 8.27. The zero-order valence-electron chi connectivity index (χ0n) is 9.95. The van der Waals surface area contributed by atoms with Gasteiger partial charge in [0.05, 0.1) is 18.5 Å². The number of rotatable bonds is 9. The number of nitrogens with one attached hydrogen (secondary N) is 1. The topological polar surface area (TPSA) is 71.6 Å². The van der Waals surface area contributed by atoms with Crippen LogP contribution in [0.4, 0.5) is 0 Å². The Bertz CT molecular complexity index is 176. The van der Waals surface area contributed by atoms with Gasteiger partial charge in [-0.3, -0.25) is 10.3 Å². The van der Waals surface area contributed by atoms with Gasteiger partial charge in [-0.05, 0) is 6.92 Å². The van der Waals surface area contributed by atoms with Gasteiger partial charge in [-0.2, -0.15) is 0 Å². The van der Waals surface area contributed by atoms with Crippen LogP contribution in [0.25, 0.3) is 0 Å². The minimum atomic E-state index is 0.189. The van der Waals surface area contributed by atoms with Crippen molar-refractivity contribution in [2.75, 3.05) is 40.5 Å². The summed E-state index contributed by atoms with van der Waals surface area (Å²) in [7, 11) is 3.38. The van der Waals surface area contributed by atoms with Gasteiger partial charge in [0, 0.05) is 40.3 Å². The number of ether oxygens (including phenoxy) is 2. The second-order valence-corrected chi connectivity index (χ2v) is 3.61. The molecule has 3 N–H and O–H groups in total. The molecule has 15 heavy (non-hydrogen) atoms. The molecule has 5 nitrogen and oxygen atoms in total. The lowest BCUT2D eigenvalue weighted by molar-refractivity contribution is 0.0655. The van der Waals surface area contributed by atoms with Crippen molar-refractivity contribution >= 4 is 5.84 Å². The van der Waals surface area contributed by atoms with Gasteiger partial charge in [0.15, 0.2) is 0 Å². The summed E-state index contributed by atoms with van der Waals surface area (Å²) in [6.45, 7) is 5.18. The molecule has 0 aromatic heterocycles. The third-order valence-electron chi connectivity index (χ3n) is 2.23. The first-order chi connectivity index (χ1) is 7.10. The zero-order valence-corrected chi connectivity index (χ0v) is 9.95. The van der Waals surface area contributed by atoms with Crippen LogP contribution in [0, 0.1) is 5.41 Å². The number of nitrogens with zero attached hydrogens (tertiary/aromatic N) is 1. The molecule has 0 heterocycles. The van der Waals surface area contributed by atoms with E-state index in [9.17, 15) is 0 Å². The first-order valence-electron chi connectivity index (χ1n) is 5.17.